The Bertz CT molecular complexity index is 607. The average molecular weight is 377 g/mol. The highest BCUT2D eigenvalue weighted by molar-refractivity contribution is 5.13. The normalized spacial score (nSPS) is 52.7. The largest absolute Gasteiger partial charge is 0.348 e. The highest BCUT2D eigenvalue weighted by atomic mass is 16.7. The van der Waals surface area contributed by atoms with E-state index in [4.69, 9.17) is 18.9 Å². The molecule has 0 radical (unpaired) electrons. The Labute approximate surface area is 163 Å². The minimum atomic E-state index is -0.261. The molecule has 152 valence electrons. The lowest BCUT2D eigenvalue weighted by atomic mass is 9.44. The standard InChI is InChI=1S/C23H36O4/c1-20-9-10-22(24-11-12-25-22)15-16(20)3-4-17-18(20)5-7-21(2)19(17)6-8-23(21)26-13-14-27-23/h16-19H,3-15H2,1-2H3/t16?,17-,18+,19+,20+,21+/m1/s1. The first-order chi connectivity index (χ1) is 13.0. The van der Waals surface area contributed by atoms with Gasteiger partial charge in [-0.3, -0.25) is 0 Å². The van der Waals surface area contributed by atoms with Crippen molar-refractivity contribution in [1.29, 1.82) is 0 Å². The van der Waals surface area contributed by atoms with Gasteiger partial charge in [0.1, 0.15) is 0 Å². The molecule has 0 aromatic carbocycles. The molecule has 4 saturated carbocycles. The summed E-state index contributed by atoms with van der Waals surface area (Å²) in [5.41, 5.74) is 0.694. The van der Waals surface area contributed by atoms with Crippen molar-refractivity contribution in [1.82, 2.24) is 0 Å². The van der Waals surface area contributed by atoms with E-state index in [-0.39, 0.29) is 17.0 Å². The molecule has 4 nitrogen and oxygen atoms in total. The molecule has 4 aliphatic carbocycles. The zero-order chi connectivity index (χ0) is 18.3. The molecule has 4 heteroatoms. The van der Waals surface area contributed by atoms with Crippen molar-refractivity contribution in [3.05, 3.63) is 0 Å². The maximum absolute atomic E-state index is 6.29. The predicted octanol–water partition coefficient (Wildman–Crippen LogP) is 4.52. The summed E-state index contributed by atoms with van der Waals surface area (Å²) < 4.78 is 24.8. The molecule has 2 spiro atoms. The van der Waals surface area contributed by atoms with Crippen LogP contribution in [-0.2, 0) is 18.9 Å². The van der Waals surface area contributed by atoms with Crippen molar-refractivity contribution >= 4 is 0 Å². The van der Waals surface area contributed by atoms with Crippen LogP contribution in [0.1, 0.15) is 71.6 Å². The molecule has 0 N–H and O–H groups in total. The van der Waals surface area contributed by atoms with Crippen LogP contribution in [0.15, 0.2) is 0 Å². The van der Waals surface area contributed by atoms with Crippen molar-refractivity contribution < 1.29 is 18.9 Å². The molecular formula is C23H36O4. The molecule has 1 unspecified atom stereocenters. The molecule has 2 heterocycles. The third kappa shape index (κ3) is 2.19. The predicted molar refractivity (Wildman–Crippen MR) is 101 cm³/mol. The molecule has 6 rings (SSSR count). The molecule has 0 aromatic rings. The lowest BCUT2D eigenvalue weighted by Gasteiger charge is -2.62. The summed E-state index contributed by atoms with van der Waals surface area (Å²) in [6, 6.07) is 0. The van der Waals surface area contributed by atoms with Gasteiger partial charge in [-0.2, -0.15) is 0 Å². The second-order valence-corrected chi connectivity index (χ2v) is 10.9. The van der Waals surface area contributed by atoms with Crippen molar-refractivity contribution in [3.8, 4) is 0 Å². The molecule has 2 aliphatic heterocycles. The van der Waals surface area contributed by atoms with E-state index in [1.54, 1.807) is 0 Å². The van der Waals surface area contributed by atoms with E-state index in [9.17, 15) is 0 Å². The van der Waals surface area contributed by atoms with Crippen molar-refractivity contribution in [2.45, 2.75) is 83.2 Å². The van der Waals surface area contributed by atoms with E-state index >= 15 is 0 Å². The Morgan fingerprint density at radius 3 is 2.15 bits per heavy atom. The molecule has 6 atom stereocenters. The van der Waals surface area contributed by atoms with Gasteiger partial charge in [-0.1, -0.05) is 13.8 Å². The van der Waals surface area contributed by atoms with E-state index in [0.717, 1.165) is 69.4 Å². The summed E-state index contributed by atoms with van der Waals surface area (Å²) in [6.07, 6.45) is 11.3. The van der Waals surface area contributed by atoms with Crippen LogP contribution >= 0.6 is 0 Å². The Kier molecular flexibility index (Phi) is 3.74. The quantitative estimate of drug-likeness (QED) is 0.623. The molecule has 27 heavy (non-hydrogen) atoms. The summed E-state index contributed by atoms with van der Waals surface area (Å²) in [5, 5.41) is 0. The van der Waals surface area contributed by atoms with E-state index in [2.05, 4.69) is 13.8 Å². The van der Waals surface area contributed by atoms with Crippen LogP contribution in [0.2, 0.25) is 0 Å². The number of fused-ring (bicyclic) bond motifs is 6. The van der Waals surface area contributed by atoms with Crippen LogP contribution < -0.4 is 0 Å². The lowest BCUT2D eigenvalue weighted by molar-refractivity contribution is -0.257. The van der Waals surface area contributed by atoms with Gasteiger partial charge in [0, 0.05) is 24.7 Å². The fraction of sp³-hybridized carbons (Fsp3) is 1.00. The number of rotatable bonds is 0. The van der Waals surface area contributed by atoms with Gasteiger partial charge in [-0.05, 0) is 67.6 Å². The first kappa shape index (κ1) is 17.7. The lowest BCUT2D eigenvalue weighted by Crippen LogP contribution is -2.58. The van der Waals surface area contributed by atoms with Crippen molar-refractivity contribution in [2.75, 3.05) is 26.4 Å². The maximum atomic E-state index is 6.29. The van der Waals surface area contributed by atoms with Crippen molar-refractivity contribution in [2.24, 2.45) is 34.5 Å². The molecule has 6 fully saturated rings. The Hall–Kier alpha value is -0.160. The number of ether oxygens (including phenoxy) is 4. The SMILES string of the molecule is C[C@]12CCC3(CC1CC[C@@H]1[C@@H]2CC[C@@]2(C)[C@H]1CCC21OCCO1)OCCO3. The van der Waals surface area contributed by atoms with Gasteiger partial charge in [-0.25, -0.2) is 0 Å². The highest BCUT2D eigenvalue weighted by Crippen LogP contribution is 2.70. The Morgan fingerprint density at radius 2 is 1.37 bits per heavy atom. The zero-order valence-electron chi connectivity index (χ0n) is 17.1. The van der Waals surface area contributed by atoms with Gasteiger partial charge >= 0.3 is 0 Å². The maximum Gasteiger partial charge on any atom is 0.174 e. The summed E-state index contributed by atoms with van der Waals surface area (Å²) in [6.45, 7) is 8.27. The van der Waals surface area contributed by atoms with E-state index in [1.165, 1.54) is 38.5 Å². The Balaban J connectivity index is 1.28. The van der Waals surface area contributed by atoms with E-state index < -0.39 is 0 Å². The summed E-state index contributed by atoms with van der Waals surface area (Å²) in [7, 11) is 0. The highest BCUT2D eigenvalue weighted by Gasteiger charge is 2.67. The second kappa shape index (κ2) is 5.71. The van der Waals surface area contributed by atoms with E-state index in [1.807, 2.05) is 0 Å². The first-order valence-electron chi connectivity index (χ1n) is 11.6. The smallest absolute Gasteiger partial charge is 0.174 e. The summed E-state index contributed by atoms with van der Waals surface area (Å²) >= 11 is 0. The minimum Gasteiger partial charge on any atom is -0.348 e. The van der Waals surface area contributed by atoms with Crippen LogP contribution in [0.3, 0.4) is 0 Å². The van der Waals surface area contributed by atoms with Crippen LogP contribution in [0.4, 0.5) is 0 Å². The molecule has 0 amide bonds. The van der Waals surface area contributed by atoms with E-state index in [0.29, 0.717) is 5.41 Å². The van der Waals surface area contributed by atoms with Crippen LogP contribution in [-0.4, -0.2) is 38.0 Å². The second-order valence-electron chi connectivity index (χ2n) is 10.9. The fourth-order valence-electron chi connectivity index (χ4n) is 8.84. The molecule has 2 saturated heterocycles. The molecular weight excluding hydrogens is 340 g/mol. The topological polar surface area (TPSA) is 36.9 Å². The first-order valence-corrected chi connectivity index (χ1v) is 11.6. The third-order valence-electron chi connectivity index (χ3n) is 10.3. The fourth-order valence-corrected chi connectivity index (χ4v) is 8.84. The van der Waals surface area contributed by atoms with Gasteiger partial charge in [0.25, 0.3) is 0 Å². The van der Waals surface area contributed by atoms with Crippen LogP contribution in [0.5, 0.6) is 0 Å². The Morgan fingerprint density at radius 1 is 0.667 bits per heavy atom. The molecule has 0 bridgehead atoms. The summed E-state index contributed by atoms with van der Waals surface area (Å²) in [5.74, 6) is 2.78. The third-order valence-corrected chi connectivity index (χ3v) is 10.3. The zero-order valence-corrected chi connectivity index (χ0v) is 17.1. The van der Waals surface area contributed by atoms with Crippen LogP contribution in [0.25, 0.3) is 0 Å². The van der Waals surface area contributed by atoms with Crippen LogP contribution in [0, 0.1) is 34.5 Å². The number of hydrogen-bond acceptors (Lipinski definition) is 4. The van der Waals surface area contributed by atoms with Gasteiger partial charge in [0.05, 0.1) is 26.4 Å². The average Bonchev–Trinajstić information content (AvgIpc) is 3.38. The monoisotopic (exact) mass is 376 g/mol. The van der Waals surface area contributed by atoms with Gasteiger partial charge < -0.3 is 18.9 Å². The molecule has 0 aromatic heterocycles. The van der Waals surface area contributed by atoms with Gasteiger partial charge in [-0.15, -0.1) is 0 Å². The minimum absolute atomic E-state index is 0.224. The van der Waals surface area contributed by atoms with Gasteiger partial charge in [0.2, 0.25) is 0 Å². The van der Waals surface area contributed by atoms with Crippen molar-refractivity contribution in [3.63, 3.8) is 0 Å². The van der Waals surface area contributed by atoms with Gasteiger partial charge in [0.15, 0.2) is 11.6 Å². The number of hydrogen-bond donors (Lipinski definition) is 0. The molecule has 6 aliphatic rings. The summed E-state index contributed by atoms with van der Waals surface area (Å²) in [4.78, 5) is 0.